The first kappa shape index (κ1) is 30.9. The molecule has 3 saturated heterocycles. The highest BCUT2D eigenvalue weighted by molar-refractivity contribution is 6.31. The second-order valence-corrected chi connectivity index (χ2v) is 13.1. The van der Waals surface area contributed by atoms with E-state index in [1.54, 1.807) is 47.4 Å². The number of likely N-dealkylation sites (tertiary alicyclic amines) is 1. The van der Waals surface area contributed by atoms with Gasteiger partial charge in [-0.05, 0) is 53.6 Å². The molecule has 0 bridgehead atoms. The smallest absolute Gasteiger partial charge is 0.328 e. The first-order valence-corrected chi connectivity index (χ1v) is 16.2. The van der Waals surface area contributed by atoms with Crippen LogP contribution >= 0.6 is 23.2 Å². The fourth-order valence-electron chi connectivity index (χ4n) is 7.41. The summed E-state index contributed by atoms with van der Waals surface area (Å²) in [5, 5.41) is 9.79. The van der Waals surface area contributed by atoms with Crippen molar-refractivity contribution in [1.29, 1.82) is 0 Å². The zero-order chi connectivity index (χ0) is 32.9. The summed E-state index contributed by atoms with van der Waals surface area (Å²) in [5.41, 5.74) is 1.81. The van der Waals surface area contributed by atoms with E-state index in [0.29, 0.717) is 77.2 Å². The number of terminal acetylenes is 1. The van der Waals surface area contributed by atoms with Crippen LogP contribution in [-0.4, -0.2) is 66.0 Å². The highest BCUT2D eigenvalue weighted by Gasteiger charge is 2.61. The van der Waals surface area contributed by atoms with Crippen molar-refractivity contribution in [3.63, 3.8) is 0 Å². The summed E-state index contributed by atoms with van der Waals surface area (Å²) in [6.45, 7) is 1.59. The molecule has 0 aliphatic carbocycles. The third kappa shape index (κ3) is 5.33. The molecule has 0 saturated carbocycles. The number of nitrogens with one attached hydrogen (secondary N) is 3. The molecule has 6 amide bonds. The van der Waals surface area contributed by atoms with Gasteiger partial charge >= 0.3 is 12.1 Å². The Hall–Kier alpha value is -4.72. The molecule has 3 N–H and O–H groups in total. The van der Waals surface area contributed by atoms with Gasteiger partial charge in [-0.1, -0.05) is 47.3 Å². The number of rotatable bonds is 4. The van der Waals surface area contributed by atoms with Crippen molar-refractivity contribution < 1.29 is 23.9 Å². The van der Waals surface area contributed by atoms with Crippen molar-refractivity contribution in [2.75, 3.05) is 31.5 Å². The van der Waals surface area contributed by atoms with Crippen LogP contribution in [0.15, 0.2) is 60.7 Å². The molecule has 10 nitrogen and oxygen atoms in total. The number of carbonyl (C=O) groups excluding carboxylic acids is 4. The number of fused-ring (bicyclic) bond motifs is 2. The van der Waals surface area contributed by atoms with Gasteiger partial charge in [-0.15, -0.1) is 6.42 Å². The van der Waals surface area contributed by atoms with Crippen molar-refractivity contribution in [2.24, 2.45) is 0 Å². The van der Waals surface area contributed by atoms with E-state index in [4.69, 9.17) is 34.4 Å². The molecular formula is C35H31Cl2N5O5. The maximum absolute atomic E-state index is 14.5. The number of amides is 6. The molecule has 7 rings (SSSR count). The molecule has 3 atom stereocenters. The fourth-order valence-corrected chi connectivity index (χ4v) is 7.78. The molecule has 4 aliphatic rings. The Balaban J connectivity index is 1.28. The average Bonchev–Trinajstić information content (AvgIpc) is 3.62. The van der Waals surface area contributed by atoms with E-state index in [1.165, 1.54) is 4.90 Å². The SMILES string of the molecule is C#Cc1ccc(OC2CCN(C(=O)N3CCNC3=O)CC2)c([C@H]2NC(=O)C[C@@H](c3cccc(Cl)c3)[C@]23C(=O)Nc2cc(Cl)ccc23)c1. The summed E-state index contributed by atoms with van der Waals surface area (Å²) in [7, 11) is 0. The van der Waals surface area contributed by atoms with E-state index < -0.39 is 17.4 Å². The van der Waals surface area contributed by atoms with Gasteiger partial charge in [-0.25, -0.2) is 14.5 Å². The molecule has 3 fully saturated rings. The van der Waals surface area contributed by atoms with E-state index in [-0.39, 0.29) is 36.4 Å². The standard InChI is InChI=1S/C35H31Cl2N5O5/c1-2-20-6-9-29(47-24-10-13-41(14-11-24)34(46)42-15-12-38-33(42)45)25(16-20)31-35(26-8-7-23(37)18-28(26)39-32(35)44)27(19-30(43)40-31)21-4-3-5-22(36)17-21/h1,3-9,16-18,24,27,31H,10-15,19H2,(H,38,45)(H,39,44)(H,40,43)/t27-,31+,35-/m0/s1. The largest absolute Gasteiger partial charge is 0.490 e. The third-order valence-corrected chi connectivity index (χ3v) is 10.1. The van der Waals surface area contributed by atoms with Gasteiger partial charge in [0.15, 0.2) is 0 Å². The highest BCUT2D eigenvalue weighted by atomic mass is 35.5. The predicted molar refractivity (Wildman–Crippen MR) is 177 cm³/mol. The van der Waals surface area contributed by atoms with Gasteiger partial charge in [-0.2, -0.15) is 0 Å². The number of ether oxygens (including phenoxy) is 1. The van der Waals surface area contributed by atoms with Crippen molar-refractivity contribution in [3.8, 4) is 18.1 Å². The lowest BCUT2D eigenvalue weighted by atomic mass is 9.59. The van der Waals surface area contributed by atoms with Gasteiger partial charge in [-0.3, -0.25) is 9.59 Å². The van der Waals surface area contributed by atoms with Crippen molar-refractivity contribution in [3.05, 3.63) is 93.0 Å². The number of hydrogen-bond acceptors (Lipinski definition) is 5. The van der Waals surface area contributed by atoms with Crippen LogP contribution in [0.5, 0.6) is 5.75 Å². The van der Waals surface area contributed by atoms with E-state index in [9.17, 15) is 19.2 Å². The van der Waals surface area contributed by atoms with Crippen LogP contribution in [0.25, 0.3) is 0 Å². The van der Waals surface area contributed by atoms with Crippen LogP contribution in [0.3, 0.4) is 0 Å². The molecule has 3 aromatic carbocycles. The topological polar surface area (TPSA) is 120 Å². The zero-order valence-electron chi connectivity index (χ0n) is 25.2. The van der Waals surface area contributed by atoms with Crippen LogP contribution in [0.2, 0.25) is 10.0 Å². The monoisotopic (exact) mass is 671 g/mol. The van der Waals surface area contributed by atoms with E-state index >= 15 is 0 Å². The first-order chi connectivity index (χ1) is 22.7. The van der Waals surface area contributed by atoms with Crippen molar-refractivity contribution in [1.82, 2.24) is 20.4 Å². The highest BCUT2D eigenvalue weighted by Crippen LogP contribution is 2.58. The Bertz CT molecular complexity index is 1850. The lowest BCUT2D eigenvalue weighted by Gasteiger charge is -2.47. The molecule has 3 aromatic rings. The number of nitrogens with zero attached hydrogens (tertiary/aromatic N) is 2. The van der Waals surface area contributed by atoms with E-state index in [2.05, 4.69) is 21.9 Å². The Morgan fingerprint density at radius 2 is 1.77 bits per heavy atom. The van der Waals surface area contributed by atoms with Crippen LogP contribution < -0.4 is 20.7 Å². The molecule has 12 heteroatoms. The molecule has 0 aromatic heterocycles. The molecule has 0 radical (unpaired) electrons. The minimum atomic E-state index is -1.31. The summed E-state index contributed by atoms with van der Waals surface area (Å²) in [5.74, 6) is 2.02. The third-order valence-electron chi connectivity index (χ3n) is 9.58. The Morgan fingerprint density at radius 1 is 0.979 bits per heavy atom. The maximum Gasteiger partial charge on any atom is 0.328 e. The van der Waals surface area contributed by atoms with E-state index in [1.807, 2.05) is 18.2 Å². The number of benzene rings is 3. The normalized spacial score (nSPS) is 24.0. The molecule has 4 heterocycles. The second kappa shape index (κ2) is 12.1. The predicted octanol–water partition coefficient (Wildman–Crippen LogP) is 5.20. The van der Waals surface area contributed by atoms with Gasteiger partial charge < -0.3 is 25.6 Å². The average molecular weight is 673 g/mol. The zero-order valence-corrected chi connectivity index (χ0v) is 26.7. The van der Waals surface area contributed by atoms with Gasteiger partial charge in [0.2, 0.25) is 11.8 Å². The number of hydrogen-bond donors (Lipinski definition) is 3. The molecule has 4 aliphatic heterocycles. The number of urea groups is 2. The first-order valence-electron chi connectivity index (χ1n) is 15.5. The molecule has 240 valence electrons. The van der Waals surface area contributed by atoms with Crippen molar-refractivity contribution >= 4 is 52.8 Å². The summed E-state index contributed by atoms with van der Waals surface area (Å²) in [6.07, 6.45) is 6.67. The summed E-state index contributed by atoms with van der Waals surface area (Å²) < 4.78 is 6.63. The molecule has 0 unspecified atom stereocenters. The number of imide groups is 1. The Morgan fingerprint density at radius 3 is 2.49 bits per heavy atom. The summed E-state index contributed by atoms with van der Waals surface area (Å²) in [4.78, 5) is 55.9. The van der Waals surface area contributed by atoms with Gasteiger partial charge in [0, 0.05) is 78.2 Å². The second-order valence-electron chi connectivity index (χ2n) is 12.2. The van der Waals surface area contributed by atoms with Crippen LogP contribution in [0, 0.1) is 12.3 Å². The minimum Gasteiger partial charge on any atom is -0.490 e. The number of anilines is 1. The van der Waals surface area contributed by atoms with Crippen LogP contribution in [0.4, 0.5) is 15.3 Å². The molecular weight excluding hydrogens is 641 g/mol. The molecule has 47 heavy (non-hydrogen) atoms. The minimum absolute atomic E-state index is 0.0406. The Labute approximate surface area is 281 Å². The van der Waals surface area contributed by atoms with Crippen molar-refractivity contribution in [2.45, 2.75) is 42.7 Å². The number of carbonyl (C=O) groups is 4. The quantitative estimate of drug-likeness (QED) is 0.330. The summed E-state index contributed by atoms with van der Waals surface area (Å²) in [6, 6.07) is 16.2. The van der Waals surface area contributed by atoms with Gasteiger partial charge in [0.1, 0.15) is 17.3 Å². The van der Waals surface area contributed by atoms with Crippen LogP contribution in [0.1, 0.15) is 53.5 Å². The lowest BCUT2D eigenvalue weighted by Crippen LogP contribution is -2.57. The molecule has 1 spiro atoms. The fraction of sp³-hybridized carbons (Fsp3) is 0.314. The van der Waals surface area contributed by atoms with E-state index in [0.717, 1.165) is 5.56 Å². The maximum atomic E-state index is 14.5. The lowest BCUT2D eigenvalue weighted by molar-refractivity contribution is -0.131. The van der Waals surface area contributed by atoms with Gasteiger partial charge in [0.25, 0.3) is 0 Å². The number of halogens is 2. The van der Waals surface area contributed by atoms with Gasteiger partial charge in [0.05, 0.1) is 6.04 Å². The number of piperidine rings is 2. The summed E-state index contributed by atoms with van der Waals surface area (Å²) >= 11 is 12.8. The Kier molecular flexibility index (Phi) is 7.98. The van der Waals surface area contributed by atoms with Crippen LogP contribution in [-0.2, 0) is 15.0 Å².